The van der Waals surface area contributed by atoms with Crippen LogP contribution in [0.5, 0.6) is 0 Å². The Morgan fingerprint density at radius 2 is 2.11 bits per heavy atom. The van der Waals surface area contributed by atoms with Gasteiger partial charge in [-0.25, -0.2) is 0 Å². The van der Waals surface area contributed by atoms with Crippen molar-refractivity contribution in [3.05, 3.63) is 17.5 Å². The Morgan fingerprint density at radius 3 is 2.68 bits per heavy atom. The van der Waals surface area contributed by atoms with Crippen molar-refractivity contribution >= 4 is 0 Å². The number of hydrogen-bond donors (Lipinski definition) is 1. The molecule has 0 spiro atoms. The van der Waals surface area contributed by atoms with Crippen molar-refractivity contribution in [3.8, 4) is 0 Å². The van der Waals surface area contributed by atoms with Crippen LogP contribution in [0.15, 0.2) is 6.07 Å². The van der Waals surface area contributed by atoms with Crippen LogP contribution in [-0.4, -0.2) is 40.4 Å². The molecule has 0 unspecified atom stereocenters. The SMILES string of the molecule is CCCN(Cc1cc(CC)nn1C)C1CCNCC1. The van der Waals surface area contributed by atoms with E-state index in [1.807, 2.05) is 0 Å². The molecule has 0 radical (unpaired) electrons. The molecule has 1 aliphatic rings. The van der Waals surface area contributed by atoms with Gasteiger partial charge in [-0.1, -0.05) is 13.8 Å². The van der Waals surface area contributed by atoms with Crippen molar-refractivity contribution in [1.29, 1.82) is 0 Å². The Bertz CT molecular complexity index is 379. The van der Waals surface area contributed by atoms with E-state index in [1.54, 1.807) is 0 Å². The van der Waals surface area contributed by atoms with E-state index in [9.17, 15) is 0 Å². The molecular weight excluding hydrogens is 236 g/mol. The van der Waals surface area contributed by atoms with Crippen molar-refractivity contribution in [2.45, 2.75) is 52.1 Å². The van der Waals surface area contributed by atoms with Crippen LogP contribution >= 0.6 is 0 Å². The molecule has 0 aromatic carbocycles. The van der Waals surface area contributed by atoms with Gasteiger partial charge in [0.05, 0.1) is 11.4 Å². The van der Waals surface area contributed by atoms with Gasteiger partial charge in [0.25, 0.3) is 0 Å². The van der Waals surface area contributed by atoms with Crippen molar-refractivity contribution < 1.29 is 0 Å². The van der Waals surface area contributed by atoms with Crippen molar-refractivity contribution in [3.63, 3.8) is 0 Å². The predicted molar refractivity (Wildman–Crippen MR) is 79.2 cm³/mol. The number of aromatic nitrogens is 2. The lowest BCUT2D eigenvalue weighted by Gasteiger charge is -2.34. The minimum Gasteiger partial charge on any atom is -0.317 e. The van der Waals surface area contributed by atoms with E-state index in [-0.39, 0.29) is 0 Å². The van der Waals surface area contributed by atoms with Crippen LogP contribution in [0.2, 0.25) is 0 Å². The first kappa shape index (κ1) is 14.5. The third kappa shape index (κ3) is 3.80. The highest BCUT2D eigenvalue weighted by atomic mass is 15.3. The molecule has 1 aromatic rings. The molecule has 4 nitrogen and oxygen atoms in total. The summed E-state index contributed by atoms with van der Waals surface area (Å²) in [6.07, 6.45) is 4.80. The molecule has 1 N–H and O–H groups in total. The first-order valence-corrected chi connectivity index (χ1v) is 7.71. The van der Waals surface area contributed by atoms with Crippen LogP contribution in [0, 0.1) is 0 Å². The molecule has 1 aliphatic heterocycles. The summed E-state index contributed by atoms with van der Waals surface area (Å²) in [5, 5.41) is 8.02. The minimum atomic E-state index is 0.737. The Hall–Kier alpha value is -0.870. The van der Waals surface area contributed by atoms with Crippen LogP contribution in [0.1, 0.15) is 44.5 Å². The zero-order chi connectivity index (χ0) is 13.7. The first-order valence-electron chi connectivity index (χ1n) is 7.71. The average molecular weight is 264 g/mol. The summed E-state index contributed by atoms with van der Waals surface area (Å²) in [7, 11) is 2.07. The number of nitrogens with one attached hydrogen (secondary N) is 1. The van der Waals surface area contributed by atoms with E-state index in [0.29, 0.717) is 0 Å². The summed E-state index contributed by atoms with van der Waals surface area (Å²) >= 11 is 0. The van der Waals surface area contributed by atoms with Gasteiger partial charge < -0.3 is 5.32 Å². The number of rotatable bonds is 6. The van der Waals surface area contributed by atoms with E-state index in [4.69, 9.17) is 0 Å². The van der Waals surface area contributed by atoms with Crippen LogP contribution in [-0.2, 0) is 20.0 Å². The van der Waals surface area contributed by atoms with Gasteiger partial charge in [-0.2, -0.15) is 5.10 Å². The Labute approximate surface area is 117 Å². The molecule has 108 valence electrons. The molecule has 4 heteroatoms. The van der Waals surface area contributed by atoms with Crippen molar-refractivity contribution in [1.82, 2.24) is 20.0 Å². The molecule has 2 rings (SSSR count). The van der Waals surface area contributed by atoms with Gasteiger partial charge in [-0.15, -0.1) is 0 Å². The van der Waals surface area contributed by atoms with Gasteiger partial charge in [-0.05, 0) is 51.4 Å². The number of piperidine rings is 1. The van der Waals surface area contributed by atoms with Gasteiger partial charge >= 0.3 is 0 Å². The molecule has 0 saturated carbocycles. The van der Waals surface area contributed by atoms with E-state index in [0.717, 1.165) is 32.1 Å². The normalized spacial score (nSPS) is 17.3. The molecule has 0 aliphatic carbocycles. The van der Waals surface area contributed by atoms with E-state index in [1.165, 1.54) is 37.2 Å². The maximum absolute atomic E-state index is 4.57. The molecule has 0 atom stereocenters. The molecule has 19 heavy (non-hydrogen) atoms. The second-order valence-corrected chi connectivity index (χ2v) is 5.56. The van der Waals surface area contributed by atoms with Gasteiger partial charge in [0.15, 0.2) is 0 Å². The zero-order valence-electron chi connectivity index (χ0n) is 12.7. The predicted octanol–water partition coefficient (Wildman–Crippen LogP) is 1.95. The molecule has 0 bridgehead atoms. The fourth-order valence-corrected chi connectivity index (χ4v) is 2.95. The largest absolute Gasteiger partial charge is 0.317 e. The Balaban J connectivity index is 2.04. The summed E-state index contributed by atoms with van der Waals surface area (Å²) in [4.78, 5) is 2.65. The van der Waals surface area contributed by atoms with Crippen LogP contribution in [0.25, 0.3) is 0 Å². The standard InChI is InChI=1S/C15H28N4/c1-4-10-19(14-6-8-16-9-7-14)12-15-11-13(5-2)17-18(15)3/h11,14,16H,4-10,12H2,1-3H3. The van der Waals surface area contributed by atoms with Crippen LogP contribution < -0.4 is 5.32 Å². The van der Waals surface area contributed by atoms with Crippen LogP contribution in [0.3, 0.4) is 0 Å². The van der Waals surface area contributed by atoms with E-state index in [2.05, 4.69) is 47.0 Å². The fraction of sp³-hybridized carbons (Fsp3) is 0.800. The molecule has 1 fully saturated rings. The number of nitrogens with zero attached hydrogens (tertiary/aromatic N) is 3. The van der Waals surface area contributed by atoms with Gasteiger partial charge in [-0.3, -0.25) is 9.58 Å². The summed E-state index contributed by atoms with van der Waals surface area (Å²) in [5.74, 6) is 0. The lowest BCUT2D eigenvalue weighted by molar-refractivity contribution is 0.150. The average Bonchev–Trinajstić information content (AvgIpc) is 2.80. The second kappa shape index (κ2) is 7.06. The minimum absolute atomic E-state index is 0.737. The quantitative estimate of drug-likeness (QED) is 0.852. The molecular formula is C15H28N4. The third-order valence-corrected chi connectivity index (χ3v) is 4.09. The Morgan fingerprint density at radius 1 is 1.37 bits per heavy atom. The maximum atomic E-state index is 4.57. The molecule has 1 saturated heterocycles. The highest BCUT2D eigenvalue weighted by Crippen LogP contribution is 2.16. The highest BCUT2D eigenvalue weighted by Gasteiger charge is 2.21. The summed E-state index contributed by atoms with van der Waals surface area (Å²) in [6, 6.07) is 3.00. The number of aryl methyl sites for hydroxylation is 2. The molecule has 2 heterocycles. The lowest BCUT2D eigenvalue weighted by Crippen LogP contribution is -2.43. The molecule has 0 amide bonds. The fourth-order valence-electron chi connectivity index (χ4n) is 2.95. The van der Waals surface area contributed by atoms with Crippen LogP contribution in [0.4, 0.5) is 0 Å². The maximum Gasteiger partial charge on any atom is 0.0625 e. The monoisotopic (exact) mass is 264 g/mol. The first-order chi connectivity index (χ1) is 9.24. The zero-order valence-corrected chi connectivity index (χ0v) is 12.7. The molecule has 1 aromatic heterocycles. The topological polar surface area (TPSA) is 33.1 Å². The summed E-state index contributed by atoms with van der Waals surface area (Å²) < 4.78 is 2.06. The van der Waals surface area contributed by atoms with E-state index >= 15 is 0 Å². The smallest absolute Gasteiger partial charge is 0.0625 e. The van der Waals surface area contributed by atoms with Crippen molar-refractivity contribution in [2.24, 2.45) is 7.05 Å². The van der Waals surface area contributed by atoms with E-state index < -0.39 is 0 Å². The third-order valence-electron chi connectivity index (χ3n) is 4.09. The summed E-state index contributed by atoms with van der Waals surface area (Å²) in [5.41, 5.74) is 2.56. The van der Waals surface area contributed by atoms with Gasteiger partial charge in [0.1, 0.15) is 0 Å². The summed E-state index contributed by atoms with van der Waals surface area (Å²) in [6.45, 7) is 9.00. The second-order valence-electron chi connectivity index (χ2n) is 5.56. The highest BCUT2D eigenvalue weighted by molar-refractivity contribution is 5.10. The van der Waals surface area contributed by atoms with Crippen molar-refractivity contribution in [2.75, 3.05) is 19.6 Å². The van der Waals surface area contributed by atoms with Gasteiger partial charge in [0, 0.05) is 19.6 Å². The lowest BCUT2D eigenvalue weighted by atomic mass is 10.0. The number of hydrogen-bond acceptors (Lipinski definition) is 3. The Kier molecular flexibility index (Phi) is 5.40. The van der Waals surface area contributed by atoms with Gasteiger partial charge in [0.2, 0.25) is 0 Å².